The average molecular weight is 563 g/mol. The maximum absolute atomic E-state index is 12.6. The third-order valence-electron chi connectivity index (χ3n) is 5.60. The molecule has 2 amide bonds. The van der Waals surface area contributed by atoms with Gasteiger partial charge >= 0.3 is 0 Å². The normalized spacial score (nSPS) is 17.8. The number of aliphatic imine (C=N–C) groups is 1. The summed E-state index contributed by atoms with van der Waals surface area (Å²) >= 11 is 1.70. The molecule has 1 aromatic heterocycles. The lowest BCUT2D eigenvalue weighted by Gasteiger charge is -2.37. The highest BCUT2D eigenvalue weighted by Crippen LogP contribution is 2.11. The number of amides is 2. The molecule has 10 heteroatoms. The third-order valence-corrected chi connectivity index (χ3v) is 6.48. The quantitative estimate of drug-likeness (QED) is 0.324. The molecule has 0 saturated carbocycles. The SMILES string of the molecule is CN(C)C(=O)CN=C(NCc1cccs1)N1CCN(CC(=O)N2CCCCC2)CC1.I. The van der Waals surface area contributed by atoms with Crippen LogP contribution in [-0.4, -0.2) is 104 Å². The Bertz CT molecular complexity index is 713. The van der Waals surface area contributed by atoms with Gasteiger partial charge in [0.25, 0.3) is 0 Å². The van der Waals surface area contributed by atoms with Crippen molar-refractivity contribution in [3.63, 3.8) is 0 Å². The number of carbonyl (C=O) groups excluding carboxylic acids is 2. The van der Waals surface area contributed by atoms with E-state index in [0.29, 0.717) is 13.1 Å². The van der Waals surface area contributed by atoms with E-state index in [1.165, 1.54) is 11.3 Å². The summed E-state index contributed by atoms with van der Waals surface area (Å²) < 4.78 is 0. The van der Waals surface area contributed by atoms with Gasteiger partial charge in [0.15, 0.2) is 5.96 Å². The first kappa shape index (κ1) is 25.9. The second-order valence-electron chi connectivity index (χ2n) is 8.07. The van der Waals surface area contributed by atoms with Crippen LogP contribution in [0.3, 0.4) is 0 Å². The Hall–Kier alpha value is -1.40. The molecule has 0 aromatic carbocycles. The van der Waals surface area contributed by atoms with Crippen molar-refractivity contribution in [3.05, 3.63) is 22.4 Å². The third kappa shape index (κ3) is 8.23. The first-order valence-corrected chi connectivity index (χ1v) is 11.7. The number of thiophene rings is 1. The zero-order valence-corrected chi connectivity index (χ0v) is 21.7. The first-order chi connectivity index (χ1) is 14.5. The molecule has 3 rings (SSSR count). The summed E-state index contributed by atoms with van der Waals surface area (Å²) in [4.78, 5) is 38.4. The molecule has 0 atom stereocenters. The van der Waals surface area contributed by atoms with E-state index in [-0.39, 0.29) is 42.3 Å². The summed E-state index contributed by atoms with van der Waals surface area (Å²) in [5.74, 6) is 1.00. The van der Waals surface area contributed by atoms with E-state index in [4.69, 9.17) is 0 Å². The average Bonchev–Trinajstić information content (AvgIpc) is 3.28. The number of rotatable bonds is 6. The van der Waals surface area contributed by atoms with E-state index in [0.717, 1.165) is 58.1 Å². The number of hydrogen-bond acceptors (Lipinski definition) is 5. The number of likely N-dealkylation sites (tertiary alicyclic amines) is 1. The van der Waals surface area contributed by atoms with Gasteiger partial charge < -0.3 is 20.0 Å². The lowest BCUT2D eigenvalue weighted by atomic mass is 10.1. The van der Waals surface area contributed by atoms with Gasteiger partial charge in [-0.3, -0.25) is 14.5 Å². The van der Waals surface area contributed by atoms with Crippen LogP contribution in [0.15, 0.2) is 22.5 Å². The zero-order valence-electron chi connectivity index (χ0n) is 18.6. The number of piperazine rings is 1. The Morgan fingerprint density at radius 2 is 1.77 bits per heavy atom. The van der Waals surface area contributed by atoms with Crippen molar-refractivity contribution in [2.24, 2.45) is 4.99 Å². The summed E-state index contributed by atoms with van der Waals surface area (Å²) in [5.41, 5.74) is 0. The molecule has 1 aromatic rings. The zero-order chi connectivity index (χ0) is 21.3. The molecule has 1 N–H and O–H groups in total. The maximum Gasteiger partial charge on any atom is 0.243 e. The Morgan fingerprint density at radius 3 is 2.39 bits per heavy atom. The predicted molar refractivity (Wildman–Crippen MR) is 136 cm³/mol. The number of nitrogens with one attached hydrogen (secondary N) is 1. The number of carbonyl (C=O) groups is 2. The molecule has 0 unspecified atom stereocenters. The molecule has 2 fully saturated rings. The van der Waals surface area contributed by atoms with Crippen LogP contribution in [0.2, 0.25) is 0 Å². The van der Waals surface area contributed by atoms with Crippen LogP contribution in [0.4, 0.5) is 0 Å². The van der Waals surface area contributed by atoms with E-state index in [1.807, 2.05) is 11.0 Å². The summed E-state index contributed by atoms with van der Waals surface area (Å²) in [6.07, 6.45) is 3.49. The number of guanidine groups is 1. The molecule has 8 nitrogen and oxygen atoms in total. The monoisotopic (exact) mass is 562 g/mol. The lowest BCUT2D eigenvalue weighted by Crippen LogP contribution is -2.54. The standard InChI is InChI=1S/C21H34N6O2S.HI/c1-24(2)19(28)16-23-21(22-15-18-7-6-14-30-18)27-12-10-25(11-13-27)17-20(29)26-8-4-3-5-9-26;/h6-7,14H,3-5,8-13,15-17H2,1-2H3,(H,22,23);1H. The van der Waals surface area contributed by atoms with Gasteiger partial charge in [0.2, 0.25) is 11.8 Å². The van der Waals surface area contributed by atoms with Crippen LogP contribution in [0, 0.1) is 0 Å². The molecule has 31 heavy (non-hydrogen) atoms. The van der Waals surface area contributed by atoms with Gasteiger partial charge in [-0.05, 0) is 30.7 Å². The van der Waals surface area contributed by atoms with E-state index in [2.05, 4.69) is 31.6 Å². The van der Waals surface area contributed by atoms with Gasteiger partial charge in [-0.25, -0.2) is 4.99 Å². The minimum absolute atomic E-state index is 0. The van der Waals surface area contributed by atoms with Crippen molar-refractivity contribution in [3.8, 4) is 0 Å². The molecule has 0 aliphatic carbocycles. The van der Waals surface area contributed by atoms with Crippen LogP contribution in [0.25, 0.3) is 0 Å². The molecule has 0 bridgehead atoms. The Morgan fingerprint density at radius 1 is 1.06 bits per heavy atom. The van der Waals surface area contributed by atoms with Crippen LogP contribution in [0.1, 0.15) is 24.1 Å². The van der Waals surface area contributed by atoms with Gasteiger partial charge in [-0.15, -0.1) is 35.3 Å². The number of likely N-dealkylation sites (N-methyl/N-ethyl adjacent to an activating group) is 1. The minimum Gasteiger partial charge on any atom is -0.351 e. The molecule has 2 aliphatic heterocycles. The molecule has 3 heterocycles. The largest absolute Gasteiger partial charge is 0.351 e. The molecule has 0 radical (unpaired) electrons. The lowest BCUT2D eigenvalue weighted by molar-refractivity contribution is -0.133. The van der Waals surface area contributed by atoms with Crippen LogP contribution in [0.5, 0.6) is 0 Å². The van der Waals surface area contributed by atoms with E-state index >= 15 is 0 Å². The highest BCUT2D eigenvalue weighted by Gasteiger charge is 2.24. The van der Waals surface area contributed by atoms with E-state index in [1.54, 1.807) is 30.3 Å². The second-order valence-corrected chi connectivity index (χ2v) is 9.10. The molecule has 2 aliphatic rings. The van der Waals surface area contributed by atoms with E-state index < -0.39 is 0 Å². The van der Waals surface area contributed by atoms with Gasteiger partial charge in [-0.2, -0.15) is 0 Å². The van der Waals surface area contributed by atoms with Gasteiger partial charge in [0, 0.05) is 58.2 Å². The molecular weight excluding hydrogens is 527 g/mol. The van der Waals surface area contributed by atoms with E-state index in [9.17, 15) is 9.59 Å². The fourth-order valence-electron chi connectivity index (χ4n) is 3.68. The number of halogens is 1. The van der Waals surface area contributed by atoms with Crippen LogP contribution >= 0.6 is 35.3 Å². The van der Waals surface area contributed by atoms with Crippen molar-refractivity contribution in [1.82, 2.24) is 24.9 Å². The van der Waals surface area contributed by atoms with Crippen molar-refractivity contribution >= 4 is 53.1 Å². The van der Waals surface area contributed by atoms with Crippen molar-refractivity contribution < 1.29 is 9.59 Å². The summed E-state index contributed by atoms with van der Waals surface area (Å²) in [6.45, 7) is 6.36. The topological polar surface area (TPSA) is 71.5 Å². The number of hydrogen-bond donors (Lipinski definition) is 1. The van der Waals surface area contributed by atoms with Crippen LogP contribution in [-0.2, 0) is 16.1 Å². The van der Waals surface area contributed by atoms with Crippen molar-refractivity contribution in [1.29, 1.82) is 0 Å². The van der Waals surface area contributed by atoms with Gasteiger partial charge in [0.05, 0.1) is 13.1 Å². The molecule has 174 valence electrons. The highest BCUT2D eigenvalue weighted by molar-refractivity contribution is 14.0. The fourth-order valence-corrected chi connectivity index (χ4v) is 4.33. The Balaban J connectivity index is 0.00000341. The second kappa shape index (κ2) is 13.2. The predicted octanol–water partition coefficient (Wildman–Crippen LogP) is 1.53. The Kier molecular flexibility index (Phi) is 11.0. The van der Waals surface area contributed by atoms with Gasteiger partial charge in [-0.1, -0.05) is 6.07 Å². The fraction of sp³-hybridized carbons (Fsp3) is 0.667. The van der Waals surface area contributed by atoms with Gasteiger partial charge in [0.1, 0.15) is 6.54 Å². The summed E-state index contributed by atoms with van der Waals surface area (Å²) in [6, 6.07) is 4.12. The summed E-state index contributed by atoms with van der Waals surface area (Å²) in [5, 5.41) is 5.47. The minimum atomic E-state index is -0.0174. The molecule has 0 spiro atoms. The first-order valence-electron chi connectivity index (χ1n) is 10.8. The van der Waals surface area contributed by atoms with Crippen molar-refractivity contribution in [2.75, 3.05) is 66.5 Å². The number of nitrogens with zero attached hydrogens (tertiary/aromatic N) is 5. The summed E-state index contributed by atoms with van der Waals surface area (Å²) in [7, 11) is 3.49. The number of piperidine rings is 1. The highest BCUT2D eigenvalue weighted by atomic mass is 127. The molecular formula is C21H35IN6O2S. The van der Waals surface area contributed by atoms with Crippen LogP contribution < -0.4 is 5.32 Å². The Labute approximate surface area is 206 Å². The van der Waals surface area contributed by atoms with Crippen molar-refractivity contribution in [2.45, 2.75) is 25.8 Å². The maximum atomic E-state index is 12.6. The molecule has 2 saturated heterocycles. The smallest absolute Gasteiger partial charge is 0.243 e.